The lowest BCUT2D eigenvalue weighted by molar-refractivity contribution is 0.134. The van der Waals surface area contributed by atoms with Crippen molar-refractivity contribution in [1.82, 2.24) is 0 Å². The summed E-state index contributed by atoms with van der Waals surface area (Å²) in [7, 11) is -1.71. The highest BCUT2D eigenvalue weighted by Gasteiger charge is 2.38. The van der Waals surface area contributed by atoms with E-state index in [0.29, 0.717) is 13.0 Å². The fourth-order valence-electron chi connectivity index (χ4n) is 1.19. The van der Waals surface area contributed by atoms with Crippen LogP contribution in [0.3, 0.4) is 0 Å². The van der Waals surface area contributed by atoms with Crippen molar-refractivity contribution in [3.05, 3.63) is 0 Å². The van der Waals surface area contributed by atoms with Crippen molar-refractivity contribution in [2.45, 2.75) is 57.8 Å². The van der Waals surface area contributed by atoms with Gasteiger partial charge in [-0.1, -0.05) is 20.8 Å². The van der Waals surface area contributed by atoms with Crippen LogP contribution in [-0.2, 0) is 4.43 Å². The largest absolute Gasteiger partial charge is 0.414 e. The first-order valence-electron chi connectivity index (χ1n) is 5.73. The van der Waals surface area contributed by atoms with Crippen molar-refractivity contribution in [2.75, 3.05) is 13.2 Å². The maximum Gasteiger partial charge on any atom is 0.192 e. The molecule has 15 heavy (non-hydrogen) atoms. The summed E-state index contributed by atoms with van der Waals surface area (Å²) in [6, 6.07) is 0. The fraction of sp³-hybridized carbons (Fsp3) is 1.00. The molecule has 92 valence electrons. The van der Waals surface area contributed by atoms with Crippen LogP contribution in [0.15, 0.2) is 0 Å². The molecule has 0 amide bonds. The molecule has 0 fully saturated rings. The van der Waals surface area contributed by atoms with Gasteiger partial charge in [-0.05, 0) is 37.5 Å². The van der Waals surface area contributed by atoms with Crippen molar-refractivity contribution in [3.8, 4) is 0 Å². The number of nitrogens with two attached hydrogens (primary N) is 1. The Morgan fingerprint density at radius 2 is 1.80 bits per heavy atom. The lowest BCUT2D eigenvalue weighted by Gasteiger charge is -2.39. The predicted molar refractivity (Wildman–Crippen MR) is 67.4 cm³/mol. The van der Waals surface area contributed by atoms with Gasteiger partial charge in [-0.3, -0.25) is 0 Å². The van der Waals surface area contributed by atoms with Gasteiger partial charge in [0.15, 0.2) is 8.32 Å². The van der Waals surface area contributed by atoms with Crippen LogP contribution >= 0.6 is 0 Å². The molecule has 0 aromatic rings. The van der Waals surface area contributed by atoms with Gasteiger partial charge in [0.25, 0.3) is 0 Å². The Bertz CT molecular complexity index is 172. The molecular weight excluding hydrogens is 206 g/mol. The van der Waals surface area contributed by atoms with Crippen LogP contribution in [0.25, 0.3) is 0 Å². The third kappa shape index (κ3) is 5.11. The maximum atomic E-state index is 8.96. The van der Waals surface area contributed by atoms with Crippen molar-refractivity contribution < 1.29 is 9.53 Å². The molecule has 0 saturated heterocycles. The van der Waals surface area contributed by atoms with E-state index in [0.717, 1.165) is 6.42 Å². The minimum atomic E-state index is -1.71. The van der Waals surface area contributed by atoms with E-state index in [1.54, 1.807) is 0 Å². The van der Waals surface area contributed by atoms with Gasteiger partial charge in [0.05, 0.1) is 0 Å². The molecule has 1 atom stereocenters. The number of aliphatic hydroxyl groups excluding tert-OH is 1. The Morgan fingerprint density at radius 1 is 1.27 bits per heavy atom. The van der Waals surface area contributed by atoms with E-state index >= 15 is 0 Å². The molecule has 0 heterocycles. The highest BCUT2D eigenvalue weighted by molar-refractivity contribution is 6.74. The fourth-order valence-corrected chi connectivity index (χ4v) is 2.61. The Labute approximate surface area is 95.1 Å². The number of hydrogen-bond acceptors (Lipinski definition) is 3. The summed E-state index contributed by atoms with van der Waals surface area (Å²) in [6.45, 7) is 11.9. The second kappa shape index (κ2) is 5.99. The van der Waals surface area contributed by atoms with Gasteiger partial charge in [0.2, 0.25) is 0 Å². The monoisotopic (exact) mass is 233 g/mol. The first-order chi connectivity index (χ1) is 6.74. The second-order valence-corrected chi connectivity index (χ2v) is 10.3. The molecule has 0 rings (SSSR count). The zero-order chi connectivity index (χ0) is 12.1. The molecule has 0 saturated carbocycles. The zero-order valence-electron chi connectivity index (χ0n) is 10.8. The van der Waals surface area contributed by atoms with Crippen molar-refractivity contribution in [1.29, 1.82) is 0 Å². The van der Waals surface area contributed by atoms with Crippen LogP contribution in [0.1, 0.15) is 33.6 Å². The summed E-state index contributed by atoms with van der Waals surface area (Å²) in [5.74, 6) is 0. The standard InChI is InChI=1S/C11H27NO2Si/c1-11(2,3)15(4,5)14-10(6-8-12)7-9-13/h10,13H,6-9,12H2,1-5H3/t10-/m1/s1. The summed E-state index contributed by atoms with van der Waals surface area (Å²) >= 11 is 0. The van der Waals surface area contributed by atoms with E-state index < -0.39 is 8.32 Å². The lowest BCUT2D eigenvalue weighted by atomic mass is 10.2. The average molecular weight is 233 g/mol. The van der Waals surface area contributed by atoms with Gasteiger partial charge in [0, 0.05) is 12.7 Å². The molecule has 3 nitrogen and oxygen atoms in total. The molecule has 0 aliphatic carbocycles. The zero-order valence-corrected chi connectivity index (χ0v) is 11.8. The first-order valence-corrected chi connectivity index (χ1v) is 8.64. The summed E-state index contributed by atoms with van der Waals surface area (Å²) in [5, 5.41) is 9.18. The Morgan fingerprint density at radius 3 is 2.13 bits per heavy atom. The van der Waals surface area contributed by atoms with Crippen LogP contribution in [0.4, 0.5) is 0 Å². The molecule has 0 aliphatic heterocycles. The molecule has 0 unspecified atom stereocenters. The normalized spacial score (nSPS) is 15.4. The average Bonchev–Trinajstić information content (AvgIpc) is 2.02. The van der Waals surface area contributed by atoms with Crippen LogP contribution in [0.5, 0.6) is 0 Å². The summed E-state index contributed by atoms with van der Waals surface area (Å²) in [6.07, 6.45) is 1.66. The van der Waals surface area contributed by atoms with E-state index in [-0.39, 0.29) is 17.7 Å². The van der Waals surface area contributed by atoms with Crippen molar-refractivity contribution in [2.24, 2.45) is 5.73 Å². The molecule has 0 bridgehead atoms. The minimum Gasteiger partial charge on any atom is -0.414 e. The van der Waals surface area contributed by atoms with Crippen LogP contribution < -0.4 is 5.73 Å². The molecule has 3 N–H and O–H groups in total. The van der Waals surface area contributed by atoms with Gasteiger partial charge in [-0.25, -0.2) is 0 Å². The predicted octanol–water partition coefficient (Wildman–Crippen LogP) is 2.11. The van der Waals surface area contributed by atoms with Crippen LogP contribution in [0, 0.1) is 0 Å². The quantitative estimate of drug-likeness (QED) is 0.691. The Balaban J connectivity index is 4.37. The third-order valence-electron chi connectivity index (χ3n) is 3.21. The van der Waals surface area contributed by atoms with Crippen LogP contribution in [0.2, 0.25) is 18.1 Å². The molecule has 0 aliphatic rings. The van der Waals surface area contributed by atoms with Gasteiger partial charge < -0.3 is 15.3 Å². The summed E-state index contributed by atoms with van der Waals surface area (Å²) in [4.78, 5) is 0. The molecule has 0 aromatic heterocycles. The second-order valence-electron chi connectivity index (χ2n) is 5.59. The maximum absolute atomic E-state index is 8.96. The number of hydrogen-bond donors (Lipinski definition) is 2. The topological polar surface area (TPSA) is 55.5 Å². The smallest absolute Gasteiger partial charge is 0.192 e. The molecule has 0 radical (unpaired) electrons. The third-order valence-corrected chi connectivity index (χ3v) is 7.74. The van der Waals surface area contributed by atoms with Crippen molar-refractivity contribution in [3.63, 3.8) is 0 Å². The van der Waals surface area contributed by atoms with E-state index in [2.05, 4.69) is 33.9 Å². The molecular formula is C11H27NO2Si. The van der Waals surface area contributed by atoms with Crippen LogP contribution in [-0.4, -0.2) is 32.7 Å². The summed E-state index contributed by atoms with van der Waals surface area (Å²) in [5.41, 5.74) is 5.54. The van der Waals surface area contributed by atoms with Gasteiger partial charge in [-0.15, -0.1) is 0 Å². The van der Waals surface area contributed by atoms with E-state index in [1.807, 2.05) is 0 Å². The molecule has 4 heteroatoms. The Hall–Kier alpha value is 0.0969. The first kappa shape index (κ1) is 15.1. The van der Waals surface area contributed by atoms with Crippen molar-refractivity contribution >= 4 is 8.32 Å². The molecule has 0 aromatic carbocycles. The van der Waals surface area contributed by atoms with E-state index in [4.69, 9.17) is 15.3 Å². The van der Waals surface area contributed by atoms with E-state index in [9.17, 15) is 0 Å². The number of aliphatic hydroxyl groups is 1. The highest BCUT2D eigenvalue weighted by atomic mass is 28.4. The van der Waals surface area contributed by atoms with Gasteiger partial charge >= 0.3 is 0 Å². The highest BCUT2D eigenvalue weighted by Crippen LogP contribution is 2.37. The lowest BCUT2D eigenvalue weighted by Crippen LogP contribution is -2.44. The molecule has 0 spiro atoms. The number of rotatable bonds is 6. The van der Waals surface area contributed by atoms with Gasteiger partial charge in [-0.2, -0.15) is 0 Å². The van der Waals surface area contributed by atoms with Gasteiger partial charge in [0.1, 0.15) is 0 Å². The minimum absolute atomic E-state index is 0.126. The SMILES string of the molecule is CC(C)(C)[Si](C)(C)O[C@H](CCN)CCO. The summed E-state index contributed by atoms with van der Waals surface area (Å²) < 4.78 is 6.18. The Kier molecular flexibility index (Phi) is 6.03. The van der Waals surface area contributed by atoms with E-state index in [1.165, 1.54) is 0 Å².